The SMILES string of the molecule is CC1(C)c2ccccc2-c2cc3c(cc21)-c1ccc2ccc4c(-c5ccccc5)cc(-c5ccccc5)c5cc-3c1c2c45.CO. The first-order chi connectivity index (χ1) is 22.1. The second-order valence-electron chi connectivity index (χ2n) is 12.9. The second kappa shape index (κ2) is 9.38. The maximum absolute atomic E-state index is 7.00. The van der Waals surface area contributed by atoms with E-state index in [-0.39, 0.29) is 5.41 Å². The van der Waals surface area contributed by atoms with Crippen LogP contribution in [-0.2, 0) is 5.41 Å². The lowest BCUT2D eigenvalue weighted by atomic mass is 9.81. The first-order valence-electron chi connectivity index (χ1n) is 15.7. The summed E-state index contributed by atoms with van der Waals surface area (Å²) >= 11 is 0. The van der Waals surface area contributed by atoms with Crippen molar-refractivity contribution in [3.8, 4) is 55.6 Å². The van der Waals surface area contributed by atoms with Crippen LogP contribution in [0.2, 0.25) is 0 Å². The van der Waals surface area contributed by atoms with Gasteiger partial charge >= 0.3 is 0 Å². The number of hydrogen-bond acceptors (Lipinski definition) is 1. The molecular weight excluding hydrogens is 544 g/mol. The molecule has 1 heteroatoms. The smallest absolute Gasteiger partial charge is 0.0319 e. The zero-order valence-electron chi connectivity index (χ0n) is 25.6. The third-order valence-electron chi connectivity index (χ3n) is 10.4. The van der Waals surface area contributed by atoms with Crippen molar-refractivity contribution < 1.29 is 5.11 Å². The molecule has 0 saturated carbocycles. The fraction of sp³-hybridized carbons (Fsp3) is 0.0909. The van der Waals surface area contributed by atoms with Crippen LogP contribution in [-0.4, -0.2) is 12.2 Å². The van der Waals surface area contributed by atoms with Gasteiger partial charge in [0.2, 0.25) is 0 Å². The standard InChI is InChI=1S/C43H28.CH4O/c1-43(2)38-16-10-9-15-28(38)35-22-33-34(24-39(35)43)30-20-18-27-17-19-29-31(25-11-5-3-6-12-25)21-32(26-13-7-4-8-14-26)36-23-37(33)42(30)40(27)41(29)36;1-2/h3-24H,1-2H3;2H,1H3. The van der Waals surface area contributed by atoms with E-state index in [4.69, 9.17) is 5.11 Å². The summed E-state index contributed by atoms with van der Waals surface area (Å²) in [6, 6.07) is 50.2. The minimum atomic E-state index is -0.0219. The van der Waals surface area contributed by atoms with E-state index in [9.17, 15) is 0 Å². The molecule has 0 atom stereocenters. The summed E-state index contributed by atoms with van der Waals surface area (Å²) in [6.45, 7) is 4.76. The highest BCUT2D eigenvalue weighted by Crippen LogP contribution is 2.58. The van der Waals surface area contributed by atoms with Crippen LogP contribution in [0.15, 0.2) is 133 Å². The molecule has 10 rings (SSSR count). The Kier molecular flexibility index (Phi) is 5.46. The van der Waals surface area contributed by atoms with Crippen LogP contribution in [0.1, 0.15) is 25.0 Å². The van der Waals surface area contributed by atoms with Crippen LogP contribution in [0.3, 0.4) is 0 Å². The zero-order chi connectivity index (χ0) is 30.4. The van der Waals surface area contributed by atoms with E-state index < -0.39 is 0 Å². The van der Waals surface area contributed by atoms with E-state index in [1.54, 1.807) is 0 Å². The molecule has 0 aliphatic heterocycles. The average Bonchev–Trinajstić information content (AvgIpc) is 3.53. The van der Waals surface area contributed by atoms with Crippen molar-refractivity contribution >= 4 is 32.3 Å². The van der Waals surface area contributed by atoms with Crippen molar-refractivity contribution in [2.24, 2.45) is 0 Å². The molecule has 0 radical (unpaired) electrons. The lowest BCUT2D eigenvalue weighted by Gasteiger charge is -2.22. The van der Waals surface area contributed by atoms with E-state index in [0.29, 0.717) is 0 Å². The summed E-state index contributed by atoms with van der Waals surface area (Å²) in [5.74, 6) is 0. The molecule has 2 aliphatic carbocycles. The summed E-state index contributed by atoms with van der Waals surface area (Å²) in [5, 5.41) is 15.2. The largest absolute Gasteiger partial charge is 0.400 e. The van der Waals surface area contributed by atoms with Crippen LogP contribution in [0.5, 0.6) is 0 Å². The van der Waals surface area contributed by atoms with Crippen LogP contribution in [0.4, 0.5) is 0 Å². The maximum atomic E-state index is 7.00. The number of aliphatic hydroxyl groups excluding tert-OH is 1. The quantitative estimate of drug-likeness (QED) is 0.203. The van der Waals surface area contributed by atoms with Crippen LogP contribution in [0.25, 0.3) is 88.0 Å². The molecule has 0 amide bonds. The molecule has 8 aromatic carbocycles. The highest BCUT2D eigenvalue weighted by molar-refractivity contribution is 6.35. The molecule has 0 bridgehead atoms. The molecule has 0 saturated heterocycles. The van der Waals surface area contributed by atoms with Gasteiger partial charge in [-0.3, -0.25) is 0 Å². The molecule has 0 aromatic heterocycles. The van der Waals surface area contributed by atoms with Gasteiger partial charge in [-0.15, -0.1) is 0 Å². The van der Waals surface area contributed by atoms with Gasteiger partial charge in [-0.05, 0) is 123 Å². The highest BCUT2D eigenvalue weighted by atomic mass is 16.2. The molecule has 2 aliphatic rings. The van der Waals surface area contributed by atoms with Crippen molar-refractivity contribution in [2.45, 2.75) is 19.3 Å². The fourth-order valence-corrected chi connectivity index (χ4v) is 8.35. The predicted octanol–water partition coefficient (Wildman–Crippen LogP) is 11.5. The maximum Gasteiger partial charge on any atom is 0.0319 e. The Morgan fingerprint density at radius 3 is 1.71 bits per heavy atom. The van der Waals surface area contributed by atoms with Gasteiger partial charge in [0.15, 0.2) is 0 Å². The lowest BCUT2D eigenvalue weighted by Crippen LogP contribution is -2.14. The first kappa shape index (κ1) is 26.2. The van der Waals surface area contributed by atoms with Crippen molar-refractivity contribution in [1.82, 2.24) is 0 Å². The van der Waals surface area contributed by atoms with E-state index in [2.05, 4.69) is 147 Å². The number of rotatable bonds is 2. The first-order valence-corrected chi connectivity index (χ1v) is 15.7. The van der Waals surface area contributed by atoms with Crippen LogP contribution < -0.4 is 0 Å². The Morgan fingerprint density at radius 2 is 0.978 bits per heavy atom. The Balaban J connectivity index is 0.00000138. The van der Waals surface area contributed by atoms with Crippen LogP contribution >= 0.6 is 0 Å². The molecule has 1 nitrogen and oxygen atoms in total. The van der Waals surface area contributed by atoms with Gasteiger partial charge in [-0.2, -0.15) is 0 Å². The highest BCUT2D eigenvalue weighted by Gasteiger charge is 2.37. The van der Waals surface area contributed by atoms with E-state index in [1.165, 1.54) is 99.1 Å². The molecule has 1 N–H and O–H groups in total. The number of hydrogen-bond donors (Lipinski definition) is 1. The summed E-state index contributed by atoms with van der Waals surface area (Å²) < 4.78 is 0. The lowest BCUT2D eigenvalue weighted by molar-refractivity contribution is 0.399. The van der Waals surface area contributed by atoms with E-state index in [1.807, 2.05) is 0 Å². The topological polar surface area (TPSA) is 20.2 Å². The molecule has 0 heterocycles. The summed E-state index contributed by atoms with van der Waals surface area (Å²) in [5.41, 5.74) is 16.2. The molecular formula is C44H32O. The van der Waals surface area contributed by atoms with Gasteiger partial charge in [0.05, 0.1) is 0 Å². The van der Waals surface area contributed by atoms with Gasteiger partial charge < -0.3 is 5.11 Å². The number of aliphatic hydroxyl groups is 1. The van der Waals surface area contributed by atoms with Gasteiger partial charge in [0, 0.05) is 12.5 Å². The van der Waals surface area contributed by atoms with Gasteiger partial charge in [0.25, 0.3) is 0 Å². The van der Waals surface area contributed by atoms with Crippen molar-refractivity contribution in [2.75, 3.05) is 7.11 Å². The molecule has 45 heavy (non-hydrogen) atoms. The molecule has 8 aromatic rings. The molecule has 0 spiro atoms. The zero-order valence-corrected chi connectivity index (χ0v) is 25.6. The minimum Gasteiger partial charge on any atom is -0.400 e. The number of fused-ring (bicyclic) bond motifs is 6. The fourth-order valence-electron chi connectivity index (χ4n) is 8.35. The predicted molar refractivity (Wildman–Crippen MR) is 191 cm³/mol. The van der Waals surface area contributed by atoms with E-state index in [0.717, 1.165) is 7.11 Å². The summed E-state index contributed by atoms with van der Waals surface area (Å²) in [7, 11) is 1.00. The Labute approximate surface area is 263 Å². The Bertz CT molecular complexity index is 2450. The third kappa shape index (κ3) is 3.42. The monoisotopic (exact) mass is 576 g/mol. The van der Waals surface area contributed by atoms with Gasteiger partial charge in [0.1, 0.15) is 0 Å². The van der Waals surface area contributed by atoms with Gasteiger partial charge in [-0.1, -0.05) is 123 Å². The van der Waals surface area contributed by atoms with Crippen LogP contribution in [0, 0.1) is 0 Å². The normalized spacial score (nSPS) is 13.5. The van der Waals surface area contributed by atoms with Crippen molar-refractivity contribution in [3.63, 3.8) is 0 Å². The third-order valence-corrected chi connectivity index (χ3v) is 10.4. The average molecular weight is 577 g/mol. The molecule has 0 unspecified atom stereocenters. The summed E-state index contributed by atoms with van der Waals surface area (Å²) in [4.78, 5) is 0. The minimum absolute atomic E-state index is 0.0219. The van der Waals surface area contributed by atoms with E-state index >= 15 is 0 Å². The molecule has 0 fully saturated rings. The van der Waals surface area contributed by atoms with Crippen molar-refractivity contribution in [3.05, 3.63) is 145 Å². The van der Waals surface area contributed by atoms with Crippen molar-refractivity contribution in [1.29, 1.82) is 0 Å². The van der Waals surface area contributed by atoms with Gasteiger partial charge in [-0.25, -0.2) is 0 Å². The number of benzene rings is 8. The Hall–Kier alpha value is -5.24. The summed E-state index contributed by atoms with van der Waals surface area (Å²) in [6.07, 6.45) is 0. The Morgan fingerprint density at radius 1 is 0.378 bits per heavy atom. The second-order valence-corrected chi connectivity index (χ2v) is 12.9. The molecule has 214 valence electrons.